The van der Waals surface area contributed by atoms with Gasteiger partial charge < -0.3 is 9.26 Å². The van der Waals surface area contributed by atoms with E-state index in [1.807, 2.05) is 54.6 Å². The van der Waals surface area contributed by atoms with Crippen LogP contribution in [0.4, 0.5) is 0 Å². The molecule has 2 N–H and O–H groups in total. The highest BCUT2D eigenvalue weighted by atomic mass is 31.2. The van der Waals surface area contributed by atoms with Gasteiger partial charge in [-0.25, -0.2) is 10.2 Å². The molecule has 0 bridgehead atoms. The number of amides is 1. The van der Waals surface area contributed by atoms with E-state index in [0.717, 1.165) is 11.1 Å². The molecule has 0 aromatic heterocycles. The molecule has 1 aliphatic heterocycles. The minimum atomic E-state index is -3.62. The lowest BCUT2D eigenvalue weighted by atomic mass is 9.95. The highest BCUT2D eigenvalue weighted by Crippen LogP contribution is 2.53. The van der Waals surface area contributed by atoms with Crippen molar-refractivity contribution < 1.29 is 23.8 Å². The Labute approximate surface area is 187 Å². The first-order chi connectivity index (χ1) is 15.5. The lowest BCUT2D eigenvalue weighted by Gasteiger charge is -2.39. The maximum absolute atomic E-state index is 14.3. The molecule has 4 rings (SSSR count). The van der Waals surface area contributed by atoms with Crippen LogP contribution in [0.15, 0.2) is 78.9 Å². The zero-order valence-electron chi connectivity index (χ0n) is 17.7. The highest BCUT2D eigenvalue weighted by Gasteiger charge is 2.44. The summed E-state index contributed by atoms with van der Waals surface area (Å²) in [5, 5.41) is 9.78. The number of carbonyl (C=O) groups excluding carboxylic acids is 1. The van der Waals surface area contributed by atoms with E-state index in [4.69, 9.17) is 9.26 Å². The van der Waals surface area contributed by atoms with E-state index in [2.05, 4.69) is 0 Å². The summed E-state index contributed by atoms with van der Waals surface area (Å²) >= 11 is 0. The topological polar surface area (TPSA) is 88.1 Å². The number of hydroxylamine groups is 1. The molecule has 1 aliphatic rings. The second-order valence-electron chi connectivity index (χ2n) is 7.41. The van der Waals surface area contributed by atoms with Gasteiger partial charge in [-0.15, -0.1) is 0 Å². The summed E-state index contributed by atoms with van der Waals surface area (Å²) < 4.78 is 27.5. The largest absolute Gasteiger partial charge is 0.457 e. The molecule has 3 aromatic rings. The van der Waals surface area contributed by atoms with Gasteiger partial charge in [-0.05, 0) is 60.9 Å². The molecule has 0 spiro atoms. The number of hydrogen-bond donors (Lipinski definition) is 2. The maximum Gasteiger partial charge on any atom is 0.303 e. The van der Waals surface area contributed by atoms with Crippen LogP contribution in [0.1, 0.15) is 18.1 Å². The number of nitrogens with zero attached hydrogens (tertiary/aromatic N) is 1. The number of fused-ring (bicyclic) bond motifs is 1. The van der Waals surface area contributed by atoms with Crippen molar-refractivity contribution in [2.45, 2.75) is 25.9 Å². The quantitative estimate of drug-likeness (QED) is 0.316. The number of carbonyl (C=O) groups is 1. The van der Waals surface area contributed by atoms with Crippen LogP contribution >= 0.6 is 7.52 Å². The lowest BCUT2D eigenvalue weighted by molar-refractivity contribution is -0.133. The Morgan fingerprint density at radius 1 is 1.00 bits per heavy atom. The Balaban J connectivity index is 1.68. The molecule has 1 heterocycles. The molecule has 8 heteroatoms. The summed E-state index contributed by atoms with van der Waals surface area (Å²) in [6.07, 6.45) is 0.314. The Kier molecular flexibility index (Phi) is 6.72. The van der Waals surface area contributed by atoms with Gasteiger partial charge in [0.1, 0.15) is 17.5 Å². The van der Waals surface area contributed by atoms with Gasteiger partial charge in [-0.1, -0.05) is 42.5 Å². The van der Waals surface area contributed by atoms with Crippen LogP contribution in [0.3, 0.4) is 0 Å². The summed E-state index contributed by atoms with van der Waals surface area (Å²) in [6, 6.07) is 23.1. The van der Waals surface area contributed by atoms with Crippen LogP contribution in [-0.2, 0) is 26.8 Å². The van der Waals surface area contributed by atoms with Crippen molar-refractivity contribution >= 4 is 18.7 Å². The average Bonchev–Trinajstić information content (AvgIpc) is 2.84. The van der Waals surface area contributed by atoms with E-state index in [9.17, 15) is 14.6 Å². The molecule has 0 fully saturated rings. The molecule has 0 unspecified atom stereocenters. The number of nitrogens with one attached hydrogen (secondary N) is 1. The van der Waals surface area contributed by atoms with Gasteiger partial charge in [0.25, 0.3) is 5.91 Å². The molecule has 3 aromatic carbocycles. The fourth-order valence-corrected chi connectivity index (χ4v) is 6.25. The molecular weight excluding hydrogens is 427 g/mol. The molecule has 1 amide bonds. The minimum absolute atomic E-state index is 0.200. The monoisotopic (exact) mass is 452 g/mol. The van der Waals surface area contributed by atoms with Gasteiger partial charge in [-0.2, -0.15) is 0 Å². The Morgan fingerprint density at radius 2 is 1.62 bits per heavy atom. The summed E-state index contributed by atoms with van der Waals surface area (Å²) in [6.45, 7) is 2.22. The smallest absolute Gasteiger partial charge is 0.303 e. The van der Waals surface area contributed by atoms with Crippen LogP contribution < -0.4 is 15.5 Å². The third-order valence-corrected chi connectivity index (χ3v) is 8.08. The zero-order valence-corrected chi connectivity index (χ0v) is 18.6. The first-order valence-corrected chi connectivity index (χ1v) is 12.0. The van der Waals surface area contributed by atoms with Crippen LogP contribution in [0.2, 0.25) is 0 Å². The molecule has 0 aliphatic carbocycles. The average molecular weight is 452 g/mol. The number of para-hydroxylation sites is 1. The van der Waals surface area contributed by atoms with Crippen molar-refractivity contribution in [3.8, 4) is 11.5 Å². The molecule has 0 saturated heterocycles. The second-order valence-corrected chi connectivity index (χ2v) is 9.74. The summed E-state index contributed by atoms with van der Waals surface area (Å²) in [5.41, 5.74) is 3.67. The van der Waals surface area contributed by atoms with E-state index in [1.165, 1.54) is 0 Å². The maximum atomic E-state index is 14.3. The first-order valence-electron chi connectivity index (χ1n) is 10.4. The Morgan fingerprint density at radius 3 is 2.28 bits per heavy atom. The first kappa shape index (κ1) is 22.2. The summed E-state index contributed by atoms with van der Waals surface area (Å²) in [7, 11) is -3.62. The molecule has 32 heavy (non-hydrogen) atoms. The molecule has 2 atom stereocenters. The summed E-state index contributed by atoms with van der Waals surface area (Å²) in [5.74, 6) is 0.667. The molecular formula is C24H25N2O5P. The SMILES string of the molecule is CCO[P@](=O)(c1ccc(Oc2ccccc2)cc1)N1Cc2ccccc2C[C@@H]1C(=O)NO. The van der Waals surface area contributed by atoms with Crippen molar-refractivity contribution in [1.29, 1.82) is 0 Å². The van der Waals surface area contributed by atoms with Crippen LogP contribution in [0, 0.1) is 0 Å². The van der Waals surface area contributed by atoms with E-state index in [-0.39, 0.29) is 13.2 Å². The number of ether oxygens (including phenoxy) is 1. The highest BCUT2D eigenvalue weighted by molar-refractivity contribution is 7.64. The Hall–Kier alpha value is -2.96. The van der Waals surface area contributed by atoms with Gasteiger partial charge in [0, 0.05) is 6.54 Å². The standard InChI is InChI=1S/C24H25N2O5P/c1-2-30-32(29,22-14-12-21(13-15-22)31-20-10-4-3-5-11-20)26-17-19-9-7-6-8-18(19)16-23(26)24(27)25-28/h3-15,23,28H,2,16-17H2,1H3,(H,25,27)/t23-,32-/m1/s1. The van der Waals surface area contributed by atoms with E-state index in [1.54, 1.807) is 41.3 Å². The molecule has 0 radical (unpaired) electrons. The van der Waals surface area contributed by atoms with Gasteiger partial charge in [0.15, 0.2) is 0 Å². The number of hydrogen-bond acceptors (Lipinski definition) is 5. The number of benzene rings is 3. The van der Waals surface area contributed by atoms with Gasteiger partial charge in [-0.3, -0.25) is 14.6 Å². The van der Waals surface area contributed by atoms with Gasteiger partial charge in [0.05, 0.1) is 11.9 Å². The predicted molar refractivity (Wildman–Crippen MR) is 121 cm³/mol. The van der Waals surface area contributed by atoms with Gasteiger partial charge >= 0.3 is 7.52 Å². The summed E-state index contributed by atoms with van der Waals surface area (Å²) in [4.78, 5) is 12.5. The lowest BCUT2D eigenvalue weighted by Crippen LogP contribution is -2.49. The molecule has 7 nitrogen and oxygen atoms in total. The molecule has 0 saturated carbocycles. The third-order valence-electron chi connectivity index (χ3n) is 5.42. The zero-order chi connectivity index (χ0) is 22.6. The van der Waals surface area contributed by atoms with Crippen molar-refractivity contribution in [3.05, 3.63) is 90.0 Å². The second kappa shape index (κ2) is 9.67. The fourth-order valence-electron chi connectivity index (χ4n) is 3.89. The van der Waals surface area contributed by atoms with Crippen molar-refractivity contribution in [1.82, 2.24) is 10.2 Å². The molecule has 166 valence electrons. The van der Waals surface area contributed by atoms with Crippen molar-refractivity contribution in [2.24, 2.45) is 0 Å². The van der Waals surface area contributed by atoms with Crippen molar-refractivity contribution in [3.63, 3.8) is 0 Å². The van der Waals surface area contributed by atoms with Crippen LogP contribution in [-0.4, -0.2) is 28.4 Å². The van der Waals surface area contributed by atoms with E-state index < -0.39 is 19.5 Å². The predicted octanol–water partition coefficient (Wildman–Crippen LogP) is 4.27. The minimum Gasteiger partial charge on any atom is -0.457 e. The fraction of sp³-hybridized carbons (Fsp3) is 0.208. The van der Waals surface area contributed by atoms with Crippen LogP contribution in [0.5, 0.6) is 11.5 Å². The van der Waals surface area contributed by atoms with E-state index >= 15 is 0 Å². The number of rotatable bonds is 7. The normalized spacial score (nSPS) is 17.8. The third kappa shape index (κ3) is 4.47. The Bertz CT molecular complexity index is 1120. The van der Waals surface area contributed by atoms with E-state index in [0.29, 0.717) is 23.2 Å². The van der Waals surface area contributed by atoms with Crippen molar-refractivity contribution in [2.75, 3.05) is 6.61 Å². The van der Waals surface area contributed by atoms with Crippen LogP contribution in [0.25, 0.3) is 0 Å². The van der Waals surface area contributed by atoms with Gasteiger partial charge in [0.2, 0.25) is 0 Å².